The number of rotatable bonds is 22. The lowest BCUT2D eigenvalue weighted by molar-refractivity contribution is -0.384. The lowest BCUT2D eigenvalue weighted by Crippen LogP contribution is -2.17. The molecule has 0 saturated carbocycles. The fourth-order valence-electron chi connectivity index (χ4n) is 4.12. The van der Waals surface area contributed by atoms with Gasteiger partial charge in [0.05, 0.1) is 4.92 Å². The number of benzene rings is 1. The second kappa shape index (κ2) is 20.5. The monoisotopic (exact) mass is 432 g/mol. The number of unbranched alkanes of at least 4 members (excludes halogenated alkanes) is 15. The van der Waals surface area contributed by atoms with Crippen molar-refractivity contribution in [3.05, 3.63) is 39.9 Å². The van der Waals surface area contributed by atoms with Gasteiger partial charge in [-0.1, -0.05) is 115 Å². The molecule has 0 saturated heterocycles. The van der Waals surface area contributed by atoms with Crippen molar-refractivity contribution in [3.8, 4) is 0 Å². The van der Waals surface area contributed by atoms with E-state index in [4.69, 9.17) is 0 Å². The van der Waals surface area contributed by atoms with Crippen molar-refractivity contribution in [1.29, 1.82) is 0 Å². The molecule has 0 aliphatic carbocycles. The summed E-state index contributed by atoms with van der Waals surface area (Å²) in [5, 5.41) is 14.2. The van der Waals surface area contributed by atoms with Crippen LogP contribution in [-0.2, 0) is 6.42 Å². The number of hydrogen-bond acceptors (Lipinski definition) is 3. The van der Waals surface area contributed by atoms with Crippen LogP contribution in [0.25, 0.3) is 0 Å². The first-order valence-electron chi connectivity index (χ1n) is 13.2. The molecule has 0 spiro atoms. The van der Waals surface area contributed by atoms with E-state index in [-0.39, 0.29) is 10.6 Å². The molecule has 0 radical (unpaired) electrons. The number of aryl methyl sites for hydroxylation is 1. The molecule has 1 rings (SSSR count). The number of non-ortho nitro benzene ring substituents is 1. The topological polar surface area (TPSA) is 55.2 Å². The van der Waals surface area contributed by atoms with E-state index in [1.807, 2.05) is 12.1 Å². The maximum absolute atomic E-state index is 10.7. The second-order valence-electron chi connectivity index (χ2n) is 9.08. The molecule has 0 aliphatic rings. The van der Waals surface area contributed by atoms with Crippen molar-refractivity contribution in [3.63, 3.8) is 0 Å². The Morgan fingerprint density at radius 3 is 1.52 bits per heavy atom. The van der Waals surface area contributed by atoms with Crippen LogP contribution in [0.4, 0.5) is 5.69 Å². The molecule has 0 heterocycles. The first kappa shape index (κ1) is 27.6. The Bertz CT molecular complexity index is 531. The zero-order valence-electron chi connectivity index (χ0n) is 20.2. The van der Waals surface area contributed by atoms with Gasteiger partial charge in [0.25, 0.3) is 5.69 Å². The molecule has 0 aliphatic heterocycles. The van der Waals surface area contributed by atoms with E-state index in [0.717, 1.165) is 25.9 Å². The molecule has 0 fully saturated rings. The van der Waals surface area contributed by atoms with Crippen LogP contribution in [0.1, 0.15) is 122 Å². The summed E-state index contributed by atoms with van der Waals surface area (Å²) in [6.45, 7) is 4.42. The summed E-state index contributed by atoms with van der Waals surface area (Å²) in [7, 11) is 0. The van der Waals surface area contributed by atoms with Crippen molar-refractivity contribution in [1.82, 2.24) is 5.32 Å². The average Bonchev–Trinajstić information content (AvgIpc) is 2.78. The number of nitrogens with zero attached hydrogens (tertiary/aromatic N) is 1. The molecule has 0 amide bonds. The number of nitro benzene ring substituents is 1. The Balaban J connectivity index is 1.75. The summed E-state index contributed by atoms with van der Waals surface area (Å²) in [5.74, 6) is 0. The Kier molecular flexibility index (Phi) is 18.2. The van der Waals surface area contributed by atoms with Gasteiger partial charge in [0.15, 0.2) is 0 Å². The standard InChI is InChI=1S/C27H48N2O2/c1-2-3-4-5-6-7-8-9-10-11-12-13-14-15-16-17-24-28-25-18-19-26-20-22-27(23-21-26)29(30)31/h20-23,28H,2-19,24-25H2,1H3. The second-order valence-corrected chi connectivity index (χ2v) is 9.08. The molecule has 0 aromatic heterocycles. The van der Waals surface area contributed by atoms with Crippen LogP contribution in [-0.4, -0.2) is 18.0 Å². The van der Waals surface area contributed by atoms with Gasteiger partial charge in [0.1, 0.15) is 0 Å². The van der Waals surface area contributed by atoms with Crippen LogP contribution in [0.5, 0.6) is 0 Å². The minimum Gasteiger partial charge on any atom is -0.317 e. The fourth-order valence-corrected chi connectivity index (χ4v) is 4.12. The van der Waals surface area contributed by atoms with Gasteiger partial charge in [-0.15, -0.1) is 0 Å². The molecule has 0 bridgehead atoms. The van der Waals surface area contributed by atoms with Crippen LogP contribution in [0, 0.1) is 10.1 Å². The summed E-state index contributed by atoms with van der Waals surface area (Å²) in [6, 6.07) is 6.93. The SMILES string of the molecule is CCCCCCCCCCCCCCCCCCNCCCc1ccc([N+](=O)[O-])cc1. The predicted molar refractivity (Wildman–Crippen MR) is 134 cm³/mol. The van der Waals surface area contributed by atoms with Crippen molar-refractivity contribution in [2.24, 2.45) is 0 Å². The zero-order valence-corrected chi connectivity index (χ0v) is 20.2. The van der Waals surface area contributed by atoms with Gasteiger partial charge in [-0.2, -0.15) is 0 Å². The zero-order chi connectivity index (χ0) is 22.4. The minimum absolute atomic E-state index is 0.172. The molecule has 1 aromatic rings. The Labute approximate surface area is 191 Å². The quantitative estimate of drug-likeness (QED) is 0.114. The Hall–Kier alpha value is -1.42. The highest BCUT2D eigenvalue weighted by Crippen LogP contribution is 2.14. The molecule has 31 heavy (non-hydrogen) atoms. The third kappa shape index (κ3) is 16.9. The highest BCUT2D eigenvalue weighted by Gasteiger charge is 2.03. The molecule has 4 heteroatoms. The van der Waals surface area contributed by atoms with E-state index in [2.05, 4.69) is 12.2 Å². The van der Waals surface area contributed by atoms with Crippen molar-refractivity contribution >= 4 is 5.69 Å². The first-order valence-corrected chi connectivity index (χ1v) is 13.2. The van der Waals surface area contributed by atoms with Gasteiger partial charge < -0.3 is 5.32 Å². The number of nitrogens with one attached hydrogen (secondary N) is 1. The predicted octanol–water partition coefficient (Wildman–Crippen LogP) is 8.38. The molecule has 1 N–H and O–H groups in total. The van der Waals surface area contributed by atoms with Crippen LogP contribution < -0.4 is 5.32 Å². The molecular formula is C27H48N2O2. The lowest BCUT2D eigenvalue weighted by atomic mass is 10.0. The largest absolute Gasteiger partial charge is 0.317 e. The van der Waals surface area contributed by atoms with E-state index in [1.165, 1.54) is 108 Å². The van der Waals surface area contributed by atoms with Gasteiger partial charge in [-0.3, -0.25) is 10.1 Å². The Morgan fingerprint density at radius 2 is 1.06 bits per heavy atom. The van der Waals surface area contributed by atoms with Gasteiger partial charge in [-0.25, -0.2) is 0 Å². The first-order chi connectivity index (χ1) is 15.2. The van der Waals surface area contributed by atoms with E-state index >= 15 is 0 Å². The number of hydrogen-bond donors (Lipinski definition) is 1. The summed E-state index contributed by atoms with van der Waals surface area (Å²) in [6.07, 6.45) is 24.6. The summed E-state index contributed by atoms with van der Waals surface area (Å²) in [4.78, 5) is 10.3. The maximum atomic E-state index is 10.7. The lowest BCUT2D eigenvalue weighted by Gasteiger charge is -2.06. The van der Waals surface area contributed by atoms with Gasteiger partial charge >= 0.3 is 0 Å². The van der Waals surface area contributed by atoms with E-state index in [9.17, 15) is 10.1 Å². The summed E-state index contributed by atoms with van der Waals surface area (Å²) >= 11 is 0. The molecular weight excluding hydrogens is 384 g/mol. The highest BCUT2D eigenvalue weighted by molar-refractivity contribution is 5.32. The summed E-state index contributed by atoms with van der Waals surface area (Å²) in [5.41, 5.74) is 1.35. The normalized spacial score (nSPS) is 11.1. The van der Waals surface area contributed by atoms with Gasteiger partial charge in [0.2, 0.25) is 0 Å². The molecule has 1 aromatic carbocycles. The number of nitro groups is 1. The third-order valence-electron chi connectivity index (χ3n) is 6.17. The van der Waals surface area contributed by atoms with Crippen LogP contribution in [0.3, 0.4) is 0 Å². The molecule has 178 valence electrons. The van der Waals surface area contributed by atoms with Gasteiger partial charge in [-0.05, 0) is 37.9 Å². The van der Waals surface area contributed by atoms with Crippen LogP contribution in [0.2, 0.25) is 0 Å². The molecule has 0 atom stereocenters. The Morgan fingerprint density at radius 1 is 0.645 bits per heavy atom. The summed E-state index contributed by atoms with van der Waals surface area (Å²) < 4.78 is 0. The van der Waals surface area contributed by atoms with Crippen LogP contribution in [0.15, 0.2) is 24.3 Å². The van der Waals surface area contributed by atoms with Crippen LogP contribution >= 0.6 is 0 Å². The highest BCUT2D eigenvalue weighted by atomic mass is 16.6. The molecule has 4 nitrogen and oxygen atoms in total. The third-order valence-corrected chi connectivity index (χ3v) is 6.17. The fraction of sp³-hybridized carbons (Fsp3) is 0.778. The van der Waals surface area contributed by atoms with Gasteiger partial charge in [0, 0.05) is 12.1 Å². The minimum atomic E-state index is -0.344. The maximum Gasteiger partial charge on any atom is 0.269 e. The van der Waals surface area contributed by atoms with E-state index in [0.29, 0.717) is 0 Å². The average molecular weight is 433 g/mol. The van der Waals surface area contributed by atoms with Crippen molar-refractivity contribution < 1.29 is 4.92 Å². The smallest absolute Gasteiger partial charge is 0.269 e. The van der Waals surface area contributed by atoms with E-state index in [1.54, 1.807) is 12.1 Å². The van der Waals surface area contributed by atoms with E-state index < -0.39 is 0 Å². The molecule has 0 unspecified atom stereocenters. The van der Waals surface area contributed by atoms with Crippen molar-refractivity contribution in [2.45, 2.75) is 122 Å². The van der Waals surface area contributed by atoms with Crippen molar-refractivity contribution in [2.75, 3.05) is 13.1 Å².